The second-order valence-corrected chi connectivity index (χ2v) is 12.4. The van der Waals surface area contributed by atoms with Crippen LogP contribution in [0, 0.1) is 0 Å². The number of unbranched alkanes of at least 4 members (excludes halogenated alkanes) is 3. The molecule has 3 aromatic carbocycles. The van der Waals surface area contributed by atoms with Crippen molar-refractivity contribution in [2.45, 2.75) is 42.6 Å². The van der Waals surface area contributed by atoms with E-state index in [1.165, 1.54) is 11.1 Å². The lowest BCUT2D eigenvalue weighted by Crippen LogP contribution is -2.48. The minimum absolute atomic E-state index is 0.0372. The molecule has 1 fully saturated rings. The molecule has 0 radical (unpaired) electrons. The number of hydrogen-bond donors (Lipinski definition) is 2. The Morgan fingerprint density at radius 1 is 0.841 bits per heavy atom. The van der Waals surface area contributed by atoms with Crippen LogP contribution in [0.1, 0.15) is 58.8 Å². The number of carbonyl (C=O) groups is 1. The third-order valence-electron chi connectivity index (χ3n) is 7.90. The van der Waals surface area contributed by atoms with Crippen molar-refractivity contribution < 1.29 is 4.79 Å². The molecule has 0 spiro atoms. The standard InChI is InChI=1S/C35H41ClN6OS/c36-31-25-32(41-21-23-42(24-22-41)33(28-11-5-3-6-12-28)29-13-7-4-8-14-29)40-35(39-31)44-26-27-15-17-30(18-16-27)34(43)38-20-10-2-1-9-19-37/h3-8,11-18,25,33H,1-2,9-10,19-24,26,37H2,(H,38,43). The average Bonchev–Trinajstić information content (AvgIpc) is 3.07. The molecule has 44 heavy (non-hydrogen) atoms. The van der Waals surface area contributed by atoms with Gasteiger partial charge in [-0.1, -0.05) is 109 Å². The SMILES string of the molecule is NCCCCCCNC(=O)c1ccc(CSc2nc(Cl)cc(N3CCN(C(c4ccccc4)c4ccccc4)CC3)n2)cc1. The van der Waals surface area contributed by atoms with Crippen LogP contribution in [0.5, 0.6) is 0 Å². The maximum atomic E-state index is 12.5. The third-order valence-corrected chi connectivity index (χ3v) is 9.01. The number of nitrogens with zero attached hydrogens (tertiary/aromatic N) is 4. The molecule has 7 nitrogen and oxygen atoms in total. The highest BCUT2D eigenvalue weighted by Gasteiger charge is 2.27. The number of halogens is 1. The number of carbonyl (C=O) groups excluding carboxylic acids is 1. The van der Waals surface area contributed by atoms with Crippen LogP contribution in [-0.2, 0) is 5.75 Å². The summed E-state index contributed by atoms with van der Waals surface area (Å²) in [6.07, 6.45) is 4.20. The van der Waals surface area contributed by atoms with E-state index in [0.29, 0.717) is 28.2 Å². The van der Waals surface area contributed by atoms with Gasteiger partial charge in [0.2, 0.25) is 0 Å². The molecule has 0 unspecified atom stereocenters. The van der Waals surface area contributed by atoms with Gasteiger partial charge < -0.3 is 16.0 Å². The van der Waals surface area contributed by atoms with Crippen molar-refractivity contribution in [1.29, 1.82) is 0 Å². The molecule has 0 aliphatic carbocycles. The van der Waals surface area contributed by atoms with Gasteiger partial charge in [0, 0.05) is 50.1 Å². The fourth-order valence-electron chi connectivity index (χ4n) is 5.53. The first-order valence-corrected chi connectivity index (χ1v) is 16.8. The van der Waals surface area contributed by atoms with E-state index in [1.807, 2.05) is 30.3 Å². The molecule has 1 amide bonds. The van der Waals surface area contributed by atoms with E-state index in [4.69, 9.17) is 22.3 Å². The van der Waals surface area contributed by atoms with E-state index in [0.717, 1.165) is 69.8 Å². The van der Waals surface area contributed by atoms with Crippen LogP contribution in [0.4, 0.5) is 5.82 Å². The molecule has 1 aliphatic heterocycles. The van der Waals surface area contributed by atoms with Crippen molar-refractivity contribution >= 4 is 35.1 Å². The van der Waals surface area contributed by atoms with Gasteiger partial charge in [0.25, 0.3) is 5.91 Å². The first kappa shape index (κ1) is 32.0. The summed E-state index contributed by atoms with van der Waals surface area (Å²) in [5.41, 5.74) is 9.91. The lowest BCUT2D eigenvalue weighted by molar-refractivity contribution is 0.0953. The van der Waals surface area contributed by atoms with Crippen LogP contribution in [-0.4, -0.2) is 60.0 Å². The summed E-state index contributed by atoms with van der Waals surface area (Å²) >= 11 is 8.02. The van der Waals surface area contributed by atoms with E-state index >= 15 is 0 Å². The molecule has 1 aromatic heterocycles. The Kier molecular flexibility index (Phi) is 12.1. The molecule has 0 atom stereocenters. The first-order valence-electron chi connectivity index (χ1n) is 15.4. The molecular weight excluding hydrogens is 588 g/mol. The highest BCUT2D eigenvalue weighted by Crippen LogP contribution is 2.31. The number of aromatic nitrogens is 2. The number of benzene rings is 3. The molecule has 230 valence electrons. The van der Waals surface area contributed by atoms with E-state index < -0.39 is 0 Å². The Bertz CT molecular complexity index is 1410. The van der Waals surface area contributed by atoms with Crippen molar-refractivity contribution in [3.8, 4) is 0 Å². The van der Waals surface area contributed by atoms with Gasteiger partial charge in [0.05, 0.1) is 6.04 Å². The molecule has 4 aromatic rings. The van der Waals surface area contributed by atoms with E-state index in [-0.39, 0.29) is 11.9 Å². The van der Waals surface area contributed by atoms with Gasteiger partial charge in [-0.2, -0.15) is 0 Å². The first-order chi connectivity index (χ1) is 21.6. The van der Waals surface area contributed by atoms with E-state index in [9.17, 15) is 4.79 Å². The van der Waals surface area contributed by atoms with Gasteiger partial charge in [-0.05, 0) is 48.2 Å². The predicted molar refractivity (Wildman–Crippen MR) is 181 cm³/mol. The number of amides is 1. The fourth-order valence-corrected chi connectivity index (χ4v) is 6.57. The second kappa shape index (κ2) is 16.6. The predicted octanol–water partition coefficient (Wildman–Crippen LogP) is 6.58. The number of thioether (sulfide) groups is 1. The maximum absolute atomic E-state index is 12.5. The number of hydrogen-bond acceptors (Lipinski definition) is 7. The number of nitrogens with two attached hydrogens (primary N) is 1. The van der Waals surface area contributed by atoms with Crippen molar-refractivity contribution in [2.24, 2.45) is 5.73 Å². The van der Waals surface area contributed by atoms with Gasteiger partial charge in [-0.15, -0.1) is 0 Å². The maximum Gasteiger partial charge on any atom is 0.251 e. The number of anilines is 1. The normalized spacial score (nSPS) is 13.8. The monoisotopic (exact) mass is 628 g/mol. The molecule has 1 saturated heterocycles. The van der Waals surface area contributed by atoms with Gasteiger partial charge in [-0.3, -0.25) is 9.69 Å². The fraction of sp³-hybridized carbons (Fsp3) is 0.343. The summed E-state index contributed by atoms with van der Waals surface area (Å²) in [5.74, 6) is 1.51. The molecule has 5 rings (SSSR count). The Morgan fingerprint density at radius 2 is 1.48 bits per heavy atom. The van der Waals surface area contributed by atoms with Crippen LogP contribution in [0.3, 0.4) is 0 Å². The molecule has 9 heteroatoms. The summed E-state index contributed by atoms with van der Waals surface area (Å²) in [6.45, 7) is 4.94. The van der Waals surface area contributed by atoms with Crippen LogP contribution in [0.2, 0.25) is 5.15 Å². The topological polar surface area (TPSA) is 87.4 Å². The Labute approximate surface area is 270 Å². The molecule has 0 bridgehead atoms. The van der Waals surface area contributed by atoms with Crippen molar-refractivity contribution in [2.75, 3.05) is 44.2 Å². The highest BCUT2D eigenvalue weighted by molar-refractivity contribution is 7.98. The molecule has 2 heterocycles. The summed E-state index contributed by atoms with van der Waals surface area (Å²) in [5, 5.41) is 4.10. The average molecular weight is 629 g/mol. The van der Waals surface area contributed by atoms with Crippen LogP contribution in [0.15, 0.2) is 96.2 Å². The van der Waals surface area contributed by atoms with Gasteiger partial charge >= 0.3 is 0 Å². The Balaban J connectivity index is 1.15. The second-order valence-electron chi connectivity index (χ2n) is 11.0. The molecular formula is C35H41ClN6OS. The highest BCUT2D eigenvalue weighted by atomic mass is 35.5. The van der Waals surface area contributed by atoms with Crippen LogP contribution in [0.25, 0.3) is 0 Å². The van der Waals surface area contributed by atoms with Gasteiger partial charge in [-0.25, -0.2) is 9.97 Å². The van der Waals surface area contributed by atoms with Gasteiger partial charge in [0.15, 0.2) is 5.16 Å². The summed E-state index contributed by atoms with van der Waals surface area (Å²) in [4.78, 5) is 26.7. The van der Waals surface area contributed by atoms with Crippen molar-refractivity contribution in [3.63, 3.8) is 0 Å². The van der Waals surface area contributed by atoms with Gasteiger partial charge in [0.1, 0.15) is 11.0 Å². The lowest BCUT2D eigenvalue weighted by Gasteiger charge is -2.40. The summed E-state index contributed by atoms with van der Waals surface area (Å²) in [7, 11) is 0. The minimum Gasteiger partial charge on any atom is -0.354 e. The molecule has 0 saturated carbocycles. The largest absolute Gasteiger partial charge is 0.354 e. The van der Waals surface area contributed by atoms with Crippen molar-refractivity contribution in [1.82, 2.24) is 20.2 Å². The smallest absolute Gasteiger partial charge is 0.251 e. The molecule has 3 N–H and O–H groups in total. The third kappa shape index (κ3) is 9.05. The number of rotatable bonds is 14. The quantitative estimate of drug-likeness (QED) is 0.0706. The Hall–Kier alpha value is -3.43. The number of piperazine rings is 1. The van der Waals surface area contributed by atoms with E-state index in [2.05, 4.69) is 80.8 Å². The zero-order chi connectivity index (χ0) is 30.6. The number of nitrogens with one attached hydrogen (secondary N) is 1. The zero-order valence-corrected chi connectivity index (χ0v) is 26.6. The van der Waals surface area contributed by atoms with Crippen LogP contribution >= 0.6 is 23.4 Å². The lowest BCUT2D eigenvalue weighted by atomic mass is 9.96. The Morgan fingerprint density at radius 3 is 2.11 bits per heavy atom. The van der Waals surface area contributed by atoms with E-state index in [1.54, 1.807) is 11.8 Å². The summed E-state index contributed by atoms with van der Waals surface area (Å²) in [6, 6.07) is 31.3. The molecule has 1 aliphatic rings. The minimum atomic E-state index is -0.0372. The summed E-state index contributed by atoms with van der Waals surface area (Å²) < 4.78 is 0. The van der Waals surface area contributed by atoms with Crippen LogP contribution < -0.4 is 16.0 Å². The zero-order valence-electron chi connectivity index (χ0n) is 25.1. The van der Waals surface area contributed by atoms with Crippen molar-refractivity contribution in [3.05, 3.63) is 118 Å².